The van der Waals surface area contributed by atoms with Gasteiger partial charge in [-0.25, -0.2) is 0 Å². The molecule has 0 aromatic carbocycles. The molecule has 0 aromatic heterocycles. The minimum atomic E-state index is 1.15. The third kappa shape index (κ3) is 5.00. The normalized spacial score (nSPS) is 16.4. The Morgan fingerprint density at radius 1 is 1.25 bits per heavy atom. The van der Waals surface area contributed by atoms with Gasteiger partial charge in [0.1, 0.15) is 0 Å². The van der Waals surface area contributed by atoms with Crippen LogP contribution in [0.4, 0.5) is 0 Å². The van der Waals surface area contributed by atoms with Gasteiger partial charge in [-0.05, 0) is 67.9 Å². The van der Waals surface area contributed by atoms with E-state index in [1.54, 1.807) is 0 Å². The van der Waals surface area contributed by atoms with Crippen LogP contribution in [0.3, 0.4) is 0 Å². The summed E-state index contributed by atoms with van der Waals surface area (Å²) in [6.07, 6.45) is 13.6. The highest BCUT2D eigenvalue weighted by Crippen LogP contribution is 2.31. The maximum atomic E-state index is 4.02. The topological polar surface area (TPSA) is 0 Å². The Labute approximate surface area is 126 Å². The highest BCUT2D eigenvalue weighted by molar-refractivity contribution is 5.57. The van der Waals surface area contributed by atoms with Crippen LogP contribution in [0.1, 0.15) is 67.2 Å². The Bertz CT molecular complexity index is 425. The molecule has 0 N–H and O–H groups in total. The minimum Gasteiger partial charge on any atom is -0.0984 e. The van der Waals surface area contributed by atoms with Crippen molar-refractivity contribution in [2.24, 2.45) is 0 Å². The highest BCUT2D eigenvalue weighted by atomic mass is 14.2. The summed E-state index contributed by atoms with van der Waals surface area (Å²) < 4.78 is 0. The molecule has 1 rings (SSSR count). The molecule has 20 heavy (non-hydrogen) atoms. The summed E-state index contributed by atoms with van der Waals surface area (Å²) in [7, 11) is 0. The molecule has 0 saturated carbocycles. The molecule has 0 nitrogen and oxygen atoms in total. The quantitative estimate of drug-likeness (QED) is 0.476. The van der Waals surface area contributed by atoms with Crippen LogP contribution in [0.15, 0.2) is 58.7 Å². The zero-order valence-corrected chi connectivity index (χ0v) is 14.3. The van der Waals surface area contributed by atoms with E-state index in [-0.39, 0.29) is 0 Å². The molecule has 0 fully saturated rings. The summed E-state index contributed by atoms with van der Waals surface area (Å²) in [4.78, 5) is 0. The Balaban J connectivity index is 0.00000172. The van der Waals surface area contributed by atoms with Crippen molar-refractivity contribution < 1.29 is 0 Å². The van der Waals surface area contributed by atoms with Crippen LogP contribution < -0.4 is 0 Å². The van der Waals surface area contributed by atoms with Gasteiger partial charge >= 0.3 is 0 Å². The molecule has 0 radical (unpaired) electrons. The van der Waals surface area contributed by atoms with E-state index in [0.29, 0.717) is 0 Å². The van der Waals surface area contributed by atoms with Crippen molar-refractivity contribution in [2.45, 2.75) is 67.2 Å². The average molecular weight is 272 g/mol. The fourth-order valence-electron chi connectivity index (χ4n) is 2.58. The van der Waals surface area contributed by atoms with E-state index in [9.17, 15) is 0 Å². The van der Waals surface area contributed by atoms with Gasteiger partial charge < -0.3 is 0 Å². The Morgan fingerprint density at radius 2 is 1.85 bits per heavy atom. The number of rotatable bonds is 5. The summed E-state index contributed by atoms with van der Waals surface area (Å²) in [6, 6.07) is 0. The Kier molecular flexibility index (Phi) is 9.80. The van der Waals surface area contributed by atoms with Gasteiger partial charge in [-0.2, -0.15) is 0 Å². The summed E-state index contributed by atoms with van der Waals surface area (Å²) in [5.41, 5.74) is 6.92. The van der Waals surface area contributed by atoms with Crippen LogP contribution in [-0.4, -0.2) is 0 Å². The molecule has 0 saturated heterocycles. The van der Waals surface area contributed by atoms with Crippen molar-refractivity contribution in [3.8, 4) is 0 Å². The Hall–Kier alpha value is -1.30. The molecule has 0 amide bonds. The lowest BCUT2D eigenvalue weighted by Gasteiger charge is -2.18. The summed E-state index contributed by atoms with van der Waals surface area (Å²) >= 11 is 0. The summed E-state index contributed by atoms with van der Waals surface area (Å²) in [6.45, 7) is 16.8. The predicted octanol–water partition coefficient (Wildman–Crippen LogP) is 6.93. The van der Waals surface area contributed by atoms with Gasteiger partial charge in [0.2, 0.25) is 0 Å². The van der Waals surface area contributed by atoms with Crippen LogP contribution in [0.5, 0.6) is 0 Å². The molecular formula is C20H32. The van der Waals surface area contributed by atoms with Crippen molar-refractivity contribution in [3.63, 3.8) is 0 Å². The standard InChI is InChI=1S/C18H26.C2H6/c1-6-11-16(7-2)15(5)17(8-3)18-13-10-9-12-14(18)4;1-2/h7-8,12-13H,3,6,9-11H2,1-2,4-5H3;1-2H3/b16-7-,17-15+;. The zero-order valence-electron chi connectivity index (χ0n) is 14.3. The molecule has 0 aliphatic heterocycles. The van der Waals surface area contributed by atoms with Crippen molar-refractivity contribution >= 4 is 0 Å². The first-order valence-electron chi connectivity index (χ1n) is 8.02. The van der Waals surface area contributed by atoms with E-state index in [0.717, 1.165) is 12.8 Å². The number of hydrogen-bond donors (Lipinski definition) is 0. The van der Waals surface area contributed by atoms with Crippen molar-refractivity contribution in [2.75, 3.05) is 0 Å². The summed E-state index contributed by atoms with van der Waals surface area (Å²) in [5.74, 6) is 0. The van der Waals surface area contributed by atoms with Crippen molar-refractivity contribution in [1.82, 2.24) is 0 Å². The van der Waals surface area contributed by atoms with E-state index in [4.69, 9.17) is 0 Å². The maximum Gasteiger partial charge on any atom is -0.0159 e. The lowest BCUT2D eigenvalue weighted by molar-refractivity contribution is 0.905. The number of hydrogen-bond acceptors (Lipinski definition) is 0. The highest BCUT2D eigenvalue weighted by Gasteiger charge is 2.12. The van der Waals surface area contributed by atoms with Gasteiger partial charge in [0.15, 0.2) is 0 Å². The van der Waals surface area contributed by atoms with Crippen molar-refractivity contribution in [1.29, 1.82) is 0 Å². The van der Waals surface area contributed by atoms with E-state index >= 15 is 0 Å². The van der Waals surface area contributed by atoms with Gasteiger partial charge in [-0.3, -0.25) is 0 Å². The van der Waals surface area contributed by atoms with Crippen LogP contribution in [0.25, 0.3) is 0 Å². The lowest BCUT2D eigenvalue weighted by atomic mass is 9.87. The molecule has 1 aliphatic carbocycles. The molecular weight excluding hydrogens is 240 g/mol. The molecule has 0 atom stereocenters. The molecule has 1 aliphatic rings. The van der Waals surface area contributed by atoms with Gasteiger partial charge in [-0.1, -0.05) is 58.1 Å². The third-order valence-corrected chi connectivity index (χ3v) is 3.64. The Morgan fingerprint density at radius 3 is 2.30 bits per heavy atom. The van der Waals surface area contributed by atoms with Crippen LogP contribution in [0, 0.1) is 0 Å². The summed E-state index contributed by atoms with van der Waals surface area (Å²) in [5, 5.41) is 0. The molecule has 0 aromatic rings. The maximum absolute atomic E-state index is 4.02. The van der Waals surface area contributed by atoms with E-state index < -0.39 is 0 Å². The van der Waals surface area contributed by atoms with Crippen LogP contribution >= 0.6 is 0 Å². The fourth-order valence-corrected chi connectivity index (χ4v) is 2.58. The second kappa shape index (κ2) is 10.5. The van der Waals surface area contributed by atoms with Gasteiger partial charge in [0.25, 0.3) is 0 Å². The number of allylic oxidation sites excluding steroid dienone is 9. The first-order chi connectivity index (χ1) is 9.65. The second-order valence-electron chi connectivity index (χ2n) is 4.89. The molecule has 0 spiro atoms. The fraction of sp³-hybridized carbons (Fsp3) is 0.500. The van der Waals surface area contributed by atoms with E-state index in [1.165, 1.54) is 40.7 Å². The molecule has 112 valence electrons. The molecule has 0 heterocycles. The monoisotopic (exact) mass is 272 g/mol. The molecule has 0 heteroatoms. The smallest absolute Gasteiger partial charge is 0.0159 e. The first kappa shape index (κ1) is 18.7. The SMILES string of the molecule is C=C/C(C1=CCCC=C1C)=C(C)\C(=C/C)CCC.CC. The van der Waals surface area contributed by atoms with E-state index in [1.807, 2.05) is 19.9 Å². The molecule has 0 unspecified atom stereocenters. The first-order valence-corrected chi connectivity index (χ1v) is 8.02. The second-order valence-corrected chi connectivity index (χ2v) is 4.89. The molecule has 0 bridgehead atoms. The van der Waals surface area contributed by atoms with Gasteiger partial charge in [-0.15, -0.1) is 0 Å². The van der Waals surface area contributed by atoms with Crippen LogP contribution in [0.2, 0.25) is 0 Å². The van der Waals surface area contributed by atoms with Gasteiger partial charge in [0.05, 0.1) is 0 Å². The van der Waals surface area contributed by atoms with E-state index in [2.05, 4.69) is 52.5 Å². The zero-order chi connectivity index (χ0) is 15.5. The lowest BCUT2D eigenvalue weighted by Crippen LogP contribution is -1.99. The third-order valence-electron chi connectivity index (χ3n) is 3.64. The van der Waals surface area contributed by atoms with Gasteiger partial charge in [0, 0.05) is 0 Å². The minimum absolute atomic E-state index is 1.15. The van der Waals surface area contributed by atoms with Crippen LogP contribution in [-0.2, 0) is 0 Å². The average Bonchev–Trinajstić information content (AvgIpc) is 2.49. The largest absolute Gasteiger partial charge is 0.0984 e. The predicted molar refractivity (Wildman–Crippen MR) is 94.0 cm³/mol. The van der Waals surface area contributed by atoms with Crippen molar-refractivity contribution in [3.05, 3.63) is 58.7 Å².